The van der Waals surface area contributed by atoms with Crippen LogP contribution in [0.5, 0.6) is 0 Å². The molecule has 0 saturated heterocycles. The summed E-state index contributed by atoms with van der Waals surface area (Å²) in [4.78, 5) is 22.1. The molecule has 0 spiro atoms. The van der Waals surface area contributed by atoms with Gasteiger partial charge in [0.2, 0.25) is 5.78 Å². The van der Waals surface area contributed by atoms with Gasteiger partial charge in [0.15, 0.2) is 0 Å². The van der Waals surface area contributed by atoms with E-state index in [4.69, 9.17) is 11.6 Å². The summed E-state index contributed by atoms with van der Waals surface area (Å²) in [5.74, 6) is 16.5. The molecule has 6 nitrogen and oxygen atoms in total. The summed E-state index contributed by atoms with van der Waals surface area (Å²) >= 11 is 5.16. The van der Waals surface area contributed by atoms with Crippen LogP contribution >= 0.6 is 11.6 Å². The zero-order valence-corrected chi connectivity index (χ0v) is 33.5. The number of hydrazine groups is 1. The molecule has 1 heterocycles. The smallest absolute Gasteiger partial charge is 0.252 e. The van der Waals surface area contributed by atoms with Crippen LogP contribution in [-0.2, 0) is 0 Å². The molecule has 7 rings (SSSR count). The largest absolute Gasteiger partial charge is 0.279 e. The highest BCUT2D eigenvalue weighted by molar-refractivity contribution is 6.83. The van der Waals surface area contributed by atoms with Crippen molar-refractivity contribution in [2.75, 3.05) is 0 Å². The van der Waals surface area contributed by atoms with Crippen LogP contribution in [0.4, 0.5) is 0 Å². The highest BCUT2D eigenvalue weighted by atomic mass is 35.5. The molecule has 0 bridgehead atoms. The molecular weight excluding hydrogens is 728 g/mol. The Hall–Kier alpha value is -6.58. The molecule has 0 saturated carbocycles. The van der Waals surface area contributed by atoms with Gasteiger partial charge in [0.05, 0.1) is 11.4 Å². The maximum absolute atomic E-state index is 11.6. The zero-order valence-electron chi connectivity index (χ0n) is 31.7. The molecule has 8 heteroatoms. The third-order valence-electron chi connectivity index (χ3n) is 7.22. The normalized spacial score (nSPS) is 9.46. The first-order valence-electron chi connectivity index (χ1n) is 17.7. The number of benzene rings is 6. The number of carbonyl (C=O) groups excluding carboxylic acids is 2. The summed E-state index contributed by atoms with van der Waals surface area (Å²) in [7, 11) is -1.20. The van der Waals surface area contributed by atoms with Crippen LogP contribution < -0.4 is 11.7 Å². The van der Waals surface area contributed by atoms with Crippen molar-refractivity contribution in [3.63, 3.8) is 0 Å². The third-order valence-corrected chi connectivity index (χ3v) is 8.31. The SMILES string of the molecule is C[Si](C)(C)C#Cc1ccccc1.NN.O=C(C#Cc1ccccc1)c1ccccc1.O=C(Cl)c1ccccc1.c1ccc(-c2cc(-c3ccccc3)[nH]n2)cc1. The van der Waals surface area contributed by atoms with Crippen LogP contribution in [0, 0.1) is 23.3 Å². The number of aromatic nitrogens is 2. The predicted octanol–water partition coefficient (Wildman–Crippen LogP) is 10.5. The lowest BCUT2D eigenvalue weighted by molar-refractivity contribution is 0.105. The average Bonchev–Trinajstić information content (AvgIpc) is 3.76. The van der Waals surface area contributed by atoms with Crippen LogP contribution in [0.25, 0.3) is 22.5 Å². The van der Waals surface area contributed by atoms with Crippen LogP contribution in [0.2, 0.25) is 19.6 Å². The summed E-state index contributed by atoms with van der Waals surface area (Å²) in [5.41, 5.74) is 10.8. The van der Waals surface area contributed by atoms with Gasteiger partial charge >= 0.3 is 0 Å². The lowest BCUT2D eigenvalue weighted by Crippen LogP contribution is -2.16. The lowest BCUT2D eigenvalue weighted by atomic mass is 10.1. The van der Waals surface area contributed by atoms with Gasteiger partial charge in [-0.3, -0.25) is 26.4 Å². The molecule has 280 valence electrons. The Bertz CT molecular complexity index is 2240. The van der Waals surface area contributed by atoms with Gasteiger partial charge in [-0.15, -0.1) is 5.54 Å². The predicted molar refractivity (Wildman–Crippen MR) is 235 cm³/mol. The van der Waals surface area contributed by atoms with E-state index in [1.165, 1.54) is 0 Å². The standard InChI is InChI=1S/C15H12N2.C15H10O.C11H14Si.C7H5ClO.H4N2/c1-3-7-12(8-4-1)14-11-15(17-16-14)13-9-5-2-6-10-13;16-15(14-9-5-2-6-10-14)12-11-13-7-3-1-4-8-13;1-12(2,3)10-9-11-7-5-4-6-8-11;8-7(9)6-4-2-1-3-5-6;1-2/h1-11H,(H,16,17);1-10H;4-8H,1-3H3;1-5H;1-2H2. The summed E-state index contributed by atoms with van der Waals surface area (Å²) in [6.45, 7) is 6.76. The van der Waals surface area contributed by atoms with E-state index < -0.39 is 13.3 Å². The van der Waals surface area contributed by atoms with Gasteiger partial charge in [-0.1, -0.05) is 189 Å². The maximum atomic E-state index is 11.6. The topological polar surface area (TPSA) is 115 Å². The van der Waals surface area contributed by atoms with Gasteiger partial charge < -0.3 is 0 Å². The molecule has 0 atom stereocenters. The third kappa shape index (κ3) is 17.0. The number of rotatable bonds is 4. The fraction of sp³-hybridized carbons (Fsp3) is 0.0625. The summed E-state index contributed by atoms with van der Waals surface area (Å²) in [6.07, 6.45) is 0. The van der Waals surface area contributed by atoms with Crippen LogP contribution in [0.15, 0.2) is 188 Å². The minimum absolute atomic E-state index is 0.149. The molecule has 0 radical (unpaired) electrons. The van der Waals surface area contributed by atoms with Gasteiger partial charge in [-0.2, -0.15) is 5.10 Å². The number of carbonyl (C=O) groups is 2. The molecule has 0 amide bonds. The Kier molecular flexibility index (Phi) is 19.3. The number of nitrogens with zero attached hydrogens (tertiary/aromatic N) is 1. The molecule has 0 aliphatic carbocycles. The molecule has 7 aromatic rings. The molecule has 5 N–H and O–H groups in total. The van der Waals surface area contributed by atoms with Gasteiger partial charge in [0.25, 0.3) is 5.24 Å². The molecular formula is C48H45ClN4O2Si. The summed E-state index contributed by atoms with van der Waals surface area (Å²) in [6, 6.07) is 59.9. The number of ketones is 1. The first-order chi connectivity index (χ1) is 27.2. The minimum Gasteiger partial charge on any atom is -0.279 e. The van der Waals surface area contributed by atoms with Gasteiger partial charge in [0.1, 0.15) is 8.07 Å². The lowest BCUT2D eigenvalue weighted by Gasteiger charge is -2.02. The Morgan fingerprint density at radius 1 is 0.554 bits per heavy atom. The quantitative estimate of drug-likeness (QED) is 0.0411. The van der Waals surface area contributed by atoms with Crippen molar-refractivity contribution in [1.82, 2.24) is 10.2 Å². The number of Topliss-reactive ketones (excluding diaryl/α,β-unsaturated/α-hetero) is 1. The Morgan fingerprint density at radius 2 is 0.946 bits per heavy atom. The summed E-state index contributed by atoms with van der Waals surface area (Å²) < 4.78 is 0. The van der Waals surface area contributed by atoms with Gasteiger partial charge in [0, 0.05) is 27.8 Å². The van der Waals surface area contributed by atoms with E-state index >= 15 is 0 Å². The zero-order chi connectivity index (χ0) is 40.4. The van der Waals surface area contributed by atoms with Gasteiger partial charge in [-0.05, 0) is 53.4 Å². The molecule has 56 heavy (non-hydrogen) atoms. The number of aromatic amines is 1. The molecule has 0 unspecified atom stereocenters. The Balaban J connectivity index is 0.000000202. The number of nitrogens with one attached hydrogen (secondary N) is 1. The van der Waals surface area contributed by atoms with Crippen molar-refractivity contribution >= 4 is 30.7 Å². The van der Waals surface area contributed by atoms with Crippen molar-refractivity contribution < 1.29 is 9.59 Å². The second kappa shape index (κ2) is 24.7. The van der Waals surface area contributed by atoms with Crippen molar-refractivity contribution in [3.05, 3.63) is 210 Å². The van der Waals surface area contributed by atoms with Crippen molar-refractivity contribution in [3.8, 4) is 45.8 Å². The number of hydrogen-bond donors (Lipinski definition) is 3. The van der Waals surface area contributed by atoms with E-state index in [0.717, 1.165) is 33.6 Å². The number of halogens is 1. The molecule has 0 fully saturated rings. The fourth-order valence-electron chi connectivity index (χ4n) is 4.51. The highest BCUT2D eigenvalue weighted by Crippen LogP contribution is 2.23. The van der Waals surface area contributed by atoms with Crippen LogP contribution in [-0.4, -0.2) is 29.3 Å². The number of H-pyrrole nitrogens is 1. The first kappa shape index (κ1) is 43.8. The Labute approximate surface area is 336 Å². The van der Waals surface area contributed by atoms with Crippen molar-refractivity contribution in [2.45, 2.75) is 19.6 Å². The van der Waals surface area contributed by atoms with Gasteiger partial charge in [-0.25, -0.2) is 0 Å². The molecule has 1 aromatic heterocycles. The second-order valence-electron chi connectivity index (χ2n) is 12.7. The van der Waals surface area contributed by atoms with E-state index in [-0.39, 0.29) is 5.78 Å². The van der Waals surface area contributed by atoms with Crippen LogP contribution in [0.1, 0.15) is 31.8 Å². The molecule has 0 aliphatic rings. The first-order valence-corrected chi connectivity index (χ1v) is 21.5. The highest BCUT2D eigenvalue weighted by Gasteiger charge is 2.07. The summed E-state index contributed by atoms with van der Waals surface area (Å²) in [5, 5.41) is 7.00. The molecule has 0 aliphatic heterocycles. The molecule has 6 aromatic carbocycles. The number of nitrogens with two attached hydrogens (primary N) is 2. The Morgan fingerprint density at radius 3 is 1.38 bits per heavy atom. The van der Waals surface area contributed by atoms with Crippen molar-refractivity contribution in [1.29, 1.82) is 0 Å². The monoisotopic (exact) mass is 772 g/mol. The average molecular weight is 773 g/mol. The van der Waals surface area contributed by atoms with E-state index in [0.29, 0.717) is 11.1 Å². The maximum Gasteiger partial charge on any atom is 0.252 e. The second-order valence-corrected chi connectivity index (χ2v) is 17.8. The van der Waals surface area contributed by atoms with E-state index in [9.17, 15) is 9.59 Å². The number of hydrogen-bond acceptors (Lipinski definition) is 5. The van der Waals surface area contributed by atoms with E-state index in [1.54, 1.807) is 36.4 Å². The fourth-order valence-corrected chi connectivity index (χ4v) is 5.15. The van der Waals surface area contributed by atoms with Crippen LogP contribution in [0.3, 0.4) is 0 Å². The van der Waals surface area contributed by atoms with E-state index in [2.05, 4.69) is 95.2 Å². The van der Waals surface area contributed by atoms with Crippen molar-refractivity contribution in [2.24, 2.45) is 11.7 Å². The minimum atomic E-state index is -1.20. The van der Waals surface area contributed by atoms with E-state index in [1.807, 2.05) is 121 Å².